The highest BCUT2D eigenvalue weighted by atomic mass is 79.9. The summed E-state index contributed by atoms with van der Waals surface area (Å²) in [6.07, 6.45) is 1.56. The highest BCUT2D eigenvalue weighted by molar-refractivity contribution is 9.10. The van der Waals surface area contributed by atoms with Crippen molar-refractivity contribution in [3.63, 3.8) is 0 Å². The first-order valence-electron chi connectivity index (χ1n) is 5.70. The van der Waals surface area contributed by atoms with E-state index in [1.807, 2.05) is 6.92 Å². The molecule has 96 valence electrons. The molecule has 0 aliphatic heterocycles. The molecule has 0 saturated carbocycles. The Morgan fingerprint density at radius 1 is 1.35 bits per heavy atom. The van der Waals surface area contributed by atoms with Crippen molar-refractivity contribution in [2.24, 2.45) is 0 Å². The summed E-state index contributed by atoms with van der Waals surface area (Å²) in [5, 5.41) is 6.54. The molecule has 1 heterocycles. The monoisotopic (exact) mass is 301 g/mol. The third-order valence-electron chi connectivity index (χ3n) is 2.16. The Morgan fingerprint density at radius 2 is 2.00 bits per heavy atom. The predicted octanol–water partition coefficient (Wildman–Crippen LogP) is 2.03. The fourth-order valence-corrected chi connectivity index (χ4v) is 2.05. The van der Waals surface area contributed by atoms with Crippen LogP contribution < -0.4 is 10.6 Å². The molecule has 6 heteroatoms. The molecule has 0 fully saturated rings. The van der Waals surface area contributed by atoms with Crippen molar-refractivity contribution in [2.45, 2.75) is 19.9 Å². The first-order chi connectivity index (χ1) is 8.04. The highest BCUT2D eigenvalue weighted by Gasteiger charge is 2.10. The highest BCUT2D eigenvalue weighted by Crippen LogP contribution is 2.26. The van der Waals surface area contributed by atoms with Crippen molar-refractivity contribution in [2.75, 3.05) is 37.8 Å². The Labute approximate surface area is 111 Å². The molecule has 0 spiro atoms. The molecule has 1 unspecified atom stereocenters. The maximum Gasteiger partial charge on any atom is 0.146 e. The van der Waals surface area contributed by atoms with Gasteiger partial charge < -0.3 is 15.5 Å². The third-order valence-corrected chi connectivity index (χ3v) is 2.91. The number of halogens is 1. The second kappa shape index (κ2) is 6.76. The van der Waals surface area contributed by atoms with Gasteiger partial charge in [0.25, 0.3) is 0 Å². The van der Waals surface area contributed by atoms with Gasteiger partial charge in [-0.05, 0) is 43.9 Å². The normalized spacial score (nSPS) is 12.6. The number of anilines is 2. The molecule has 0 aromatic carbocycles. The topological polar surface area (TPSA) is 53.1 Å². The summed E-state index contributed by atoms with van der Waals surface area (Å²) in [6.45, 7) is 5.95. The van der Waals surface area contributed by atoms with Gasteiger partial charge in [-0.3, -0.25) is 0 Å². The van der Waals surface area contributed by atoms with Crippen LogP contribution >= 0.6 is 15.9 Å². The van der Waals surface area contributed by atoms with E-state index in [1.54, 1.807) is 6.33 Å². The Kier molecular flexibility index (Phi) is 5.64. The SMILES string of the molecule is CCNc1ncnc(NC(C)CN(C)C)c1Br. The van der Waals surface area contributed by atoms with Crippen LogP contribution in [0, 0.1) is 0 Å². The Hall–Kier alpha value is -0.880. The van der Waals surface area contributed by atoms with Crippen LogP contribution in [0.4, 0.5) is 11.6 Å². The van der Waals surface area contributed by atoms with E-state index in [-0.39, 0.29) is 0 Å². The van der Waals surface area contributed by atoms with Crippen molar-refractivity contribution >= 4 is 27.6 Å². The molecule has 1 atom stereocenters. The van der Waals surface area contributed by atoms with Gasteiger partial charge in [0.05, 0.1) is 0 Å². The molecule has 2 N–H and O–H groups in total. The quantitative estimate of drug-likeness (QED) is 0.842. The summed E-state index contributed by atoms with van der Waals surface area (Å²) in [5.41, 5.74) is 0. The van der Waals surface area contributed by atoms with Crippen LogP contribution in [0.5, 0.6) is 0 Å². The van der Waals surface area contributed by atoms with Gasteiger partial charge in [0.1, 0.15) is 22.4 Å². The van der Waals surface area contributed by atoms with E-state index in [1.165, 1.54) is 0 Å². The van der Waals surface area contributed by atoms with Gasteiger partial charge in [-0.2, -0.15) is 0 Å². The first-order valence-corrected chi connectivity index (χ1v) is 6.49. The molecule has 0 radical (unpaired) electrons. The molecular weight excluding hydrogens is 282 g/mol. The molecule has 0 aliphatic carbocycles. The van der Waals surface area contributed by atoms with Crippen LogP contribution in [0.3, 0.4) is 0 Å². The minimum absolute atomic E-state index is 0.325. The maximum absolute atomic E-state index is 4.24. The molecule has 1 rings (SSSR count). The standard InChI is InChI=1S/C11H20BrN5/c1-5-13-10-9(12)11(15-7-14-10)16-8(2)6-17(3)4/h7-8H,5-6H2,1-4H3,(H2,13,14,15,16). The van der Waals surface area contributed by atoms with Gasteiger partial charge in [-0.1, -0.05) is 0 Å². The summed E-state index contributed by atoms with van der Waals surface area (Å²) in [4.78, 5) is 10.6. The fourth-order valence-electron chi connectivity index (χ4n) is 1.59. The first kappa shape index (κ1) is 14.2. The van der Waals surface area contributed by atoms with E-state index in [9.17, 15) is 0 Å². The number of hydrogen-bond acceptors (Lipinski definition) is 5. The zero-order chi connectivity index (χ0) is 12.8. The van der Waals surface area contributed by atoms with Crippen LogP contribution in [0.15, 0.2) is 10.8 Å². The van der Waals surface area contributed by atoms with Crippen LogP contribution in [0.1, 0.15) is 13.8 Å². The molecular formula is C11H20BrN5. The zero-order valence-corrected chi connectivity index (χ0v) is 12.4. The summed E-state index contributed by atoms with van der Waals surface area (Å²) in [7, 11) is 4.11. The molecule has 1 aromatic heterocycles. The lowest BCUT2D eigenvalue weighted by atomic mass is 10.3. The van der Waals surface area contributed by atoms with E-state index in [0.29, 0.717) is 6.04 Å². The molecule has 1 aromatic rings. The van der Waals surface area contributed by atoms with Crippen LogP contribution in [0.2, 0.25) is 0 Å². The van der Waals surface area contributed by atoms with Crippen molar-refractivity contribution < 1.29 is 0 Å². The van der Waals surface area contributed by atoms with E-state index < -0.39 is 0 Å². The number of likely N-dealkylation sites (N-methyl/N-ethyl adjacent to an activating group) is 1. The molecule has 0 saturated heterocycles. The summed E-state index contributed by atoms with van der Waals surface area (Å²) >= 11 is 3.51. The minimum Gasteiger partial charge on any atom is -0.369 e. The zero-order valence-electron chi connectivity index (χ0n) is 10.8. The maximum atomic E-state index is 4.24. The van der Waals surface area contributed by atoms with Crippen LogP contribution in [-0.2, 0) is 0 Å². The van der Waals surface area contributed by atoms with Gasteiger partial charge in [-0.25, -0.2) is 9.97 Å². The van der Waals surface area contributed by atoms with Crippen LogP contribution in [-0.4, -0.2) is 48.1 Å². The second-order valence-electron chi connectivity index (χ2n) is 4.22. The number of aromatic nitrogens is 2. The van der Waals surface area contributed by atoms with Crippen LogP contribution in [0.25, 0.3) is 0 Å². The molecule has 0 amide bonds. The molecule has 0 bridgehead atoms. The molecule has 0 aliphatic rings. The number of rotatable bonds is 6. The van der Waals surface area contributed by atoms with Crippen molar-refractivity contribution in [1.82, 2.24) is 14.9 Å². The molecule has 17 heavy (non-hydrogen) atoms. The lowest BCUT2D eigenvalue weighted by Crippen LogP contribution is -2.30. The van der Waals surface area contributed by atoms with Gasteiger partial charge in [-0.15, -0.1) is 0 Å². The number of nitrogens with zero attached hydrogens (tertiary/aromatic N) is 3. The lowest BCUT2D eigenvalue weighted by Gasteiger charge is -2.20. The molecule has 5 nitrogen and oxygen atoms in total. The van der Waals surface area contributed by atoms with E-state index >= 15 is 0 Å². The fraction of sp³-hybridized carbons (Fsp3) is 0.636. The average molecular weight is 302 g/mol. The van der Waals surface area contributed by atoms with Gasteiger partial charge >= 0.3 is 0 Å². The number of nitrogens with one attached hydrogen (secondary N) is 2. The van der Waals surface area contributed by atoms with Gasteiger partial charge in [0, 0.05) is 19.1 Å². The average Bonchev–Trinajstić information content (AvgIpc) is 2.23. The Morgan fingerprint density at radius 3 is 2.59 bits per heavy atom. The largest absolute Gasteiger partial charge is 0.369 e. The van der Waals surface area contributed by atoms with E-state index in [2.05, 4.69) is 62.5 Å². The Balaban J connectivity index is 2.73. The minimum atomic E-state index is 0.325. The number of hydrogen-bond donors (Lipinski definition) is 2. The Bertz CT molecular complexity index is 356. The van der Waals surface area contributed by atoms with E-state index in [0.717, 1.165) is 29.2 Å². The van der Waals surface area contributed by atoms with Crippen molar-refractivity contribution in [3.05, 3.63) is 10.8 Å². The van der Waals surface area contributed by atoms with Gasteiger partial charge in [0.2, 0.25) is 0 Å². The van der Waals surface area contributed by atoms with Crippen molar-refractivity contribution in [1.29, 1.82) is 0 Å². The van der Waals surface area contributed by atoms with E-state index in [4.69, 9.17) is 0 Å². The summed E-state index contributed by atoms with van der Waals surface area (Å²) in [6, 6.07) is 0.325. The summed E-state index contributed by atoms with van der Waals surface area (Å²) in [5.74, 6) is 1.65. The predicted molar refractivity (Wildman–Crippen MR) is 75.5 cm³/mol. The smallest absolute Gasteiger partial charge is 0.146 e. The second-order valence-corrected chi connectivity index (χ2v) is 5.02. The summed E-state index contributed by atoms with van der Waals surface area (Å²) < 4.78 is 0.882. The lowest BCUT2D eigenvalue weighted by molar-refractivity contribution is 0.392. The third kappa shape index (κ3) is 4.47. The van der Waals surface area contributed by atoms with Crippen molar-refractivity contribution in [3.8, 4) is 0 Å². The van der Waals surface area contributed by atoms with Gasteiger partial charge in [0.15, 0.2) is 0 Å².